The van der Waals surface area contributed by atoms with E-state index in [-0.39, 0.29) is 16.1 Å². The van der Waals surface area contributed by atoms with Crippen molar-refractivity contribution in [2.24, 2.45) is 0 Å². The fourth-order valence-corrected chi connectivity index (χ4v) is 5.50. The van der Waals surface area contributed by atoms with Crippen LogP contribution in [0.5, 0.6) is 5.75 Å². The van der Waals surface area contributed by atoms with Gasteiger partial charge in [0.1, 0.15) is 23.5 Å². The average molecular weight is 606 g/mol. The highest BCUT2D eigenvalue weighted by Crippen LogP contribution is 2.33. The molecule has 0 aliphatic rings. The molecular weight excluding hydrogens is 566 g/mol. The van der Waals surface area contributed by atoms with Gasteiger partial charge in [0.2, 0.25) is 0 Å². The van der Waals surface area contributed by atoms with Gasteiger partial charge in [-0.3, -0.25) is 9.69 Å². The lowest BCUT2D eigenvalue weighted by Gasteiger charge is -2.14. The van der Waals surface area contributed by atoms with Crippen molar-refractivity contribution in [1.29, 1.82) is 0 Å². The van der Waals surface area contributed by atoms with Crippen LogP contribution >= 0.6 is 0 Å². The van der Waals surface area contributed by atoms with Gasteiger partial charge in [0.15, 0.2) is 5.65 Å². The number of aromatic nitrogens is 3. The Morgan fingerprint density at radius 2 is 1.81 bits per heavy atom. The minimum atomic E-state index is -3.90. The van der Waals surface area contributed by atoms with E-state index >= 15 is 0 Å². The smallest absolute Gasteiger partial charge is 0.293 e. The highest BCUT2D eigenvalue weighted by Gasteiger charge is 2.24. The van der Waals surface area contributed by atoms with E-state index in [1.54, 1.807) is 37.4 Å². The molecule has 43 heavy (non-hydrogen) atoms. The van der Waals surface area contributed by atoms with E-state index in [9.17, 15) is 13.2 Å². The van der Waals surface area contributed by atoms with Crippen LogP contribution in [0.15, 0.2) is 59.9 Å². The molecule has 0 radical (unpaired) electrons. The summed E-state index contributed by atoms with van der Waals surface area (Å²) >= 11 is 0. The molecule has 2 heterocycles. The number of hydrogen-bond acceptors (Lipinski definition) is 9. The lowest BCUT2D eigenvalue weighted by Crippen LogP contribution is -2.17. The molecule has 0 aliphatic carbocycles. The Kier molecular flexibility index (Phi) is 10.9. The third-order valence-electron chi connectivity index (χ3n) is 6.07. The van der Waals surface area contributed by atoms with E-state index < -0.39 is 10.0 Å². The molecule has 0 spiro atoms. The number of ether oxygens (including phenoxy) is 2. The van der Waals surface area contributed by atoms with Gasteiger partial charge in [0.05, 0.1) is 29.5 Å². The van der Waals surface area contributed by atoms with Crippen LogP contribution in [0.4, 0.5) is 11.5 Å². The number of anilines is 2. The van der Waals surface area contributed by atoms with Crippen molar-refractivity contribution >= 4 is 39.0 Å². The highest BCUT2D eigenvalue weighted by molar-refractivity contribution is 7.90. The van der Waals surface area contributed by atoms with Crippen molar-refractivity contribution < 1.29 is 22.7 Å². The molecule has 1 N–H and O–H groups in total. The van der Waals surface area contributed by atoms with Crippen molar-refractivity contribution in [1.82, 2.24) is 18.8 Å². The van der Waals surface area contributed by atoms with Crippen LogP contribution < -0.4 is 10.1 Å². The zero-order chi connectivity index (χ0) is 31.8. The fourth-order valence-electron chi connectivity index (χ4n) is 4.16. The predicted octanol–water partition coefficient (Wildman–Crippen LogP) is 5.16. The van der Waals surface area contributed by atoms with Crippen LogP contribution in [0, 0.1) is 18.8 Å². The summed E-state index contributed by atoms with van der Waals surface area (Å²) in [7, 11) is 1.61. The zero-order valence-corrected chi connectivity index (χ0v) is 26.7. The van der Waals surface area contributed by atoms with Crippen LogP contribution in [0.3, 0.4) is 0 Å². The highest BCUT2D eigenvalue weighted by atomic mass is 32.2. The number of nitrogens with zero attached hydrogens (tertiary/aromatic N) is 4. The van der Waals surface area contributed by atoms with Gasteiger partial charge in [-0.1, -0.05) is 37.0 Å². The SMILES string of the molecule is CC(C)(C)OC=O.CCc1cc(Nc2ncnc3c2c(C#CCN(C)C)cn3S(=O)(=O)c2ccccc2)cc(C)c1OC. The maximum Gasteiger partial charge on any atom is 0.293 e. The third-order valence-corrected chi connectivity index (χ3v) is 7.74. The standard InChI is InChI=1S/C27H29N5O3S.C5H10O2/c1-6-20-16-22(15-19(2)25(20)35-5)30-26-24-21(11-10-14-31(3)4)17-32(27(24)29-18-28-26)36(33,34)23-12-8-7-9-13-23;1-5(2,3)7-4-6/h7-9,12-13,15-18H,6,14H2,1-5H3,(H,28,29,30);4H,1-3H3. The number of carbonyl (C=O) groups is 1. The van der Waals surface area contributed by atoms with Crippen molar-refractivity contribution in [3.8, 4) is 17.6 Å². The summed E-state index contributed by atoms with van der Waals surface area (Å²) in [6, 6.07) is 12.3. The summed E-state index contributed by atoms with van der Waals surface area (Å²) in [5, 5.41) is 3.90. The molecule has 4 aromatic rings. The first-order chi connectivity index (χ1) is 20.3. The number of fused-ring (bicyclic) bond motifs is 1. The summed E-state index contributed by atoms with van der Waals surface area (Å²) in [4.78, 5) is 20.5. The minimum absolute atomic E-state index is 0.168. The molecule has 0 unspecified atom stereocenters. The minimum Gasteiger partial charge on any atom is -0.496 e. The van der Waals surface area contributed by atoms with Crippen molar-refractivity contribution in [3.63, 3.8) is 0 Å². The first-order valence-electron chi connectivity index (χ1n) is 13.7. The lowest BCUT2D eigenvalue weighted by atomic mass is 10.1. The van der Waals surface area contributed by atoms with Gasteiger partial charge in [0.25, 0.3) is 16.5 Å². The number of aryl methyl sites for hydroxylation is 2. The Hall–Kier alpha value is -4.40. The summed E-state index contributed by atoms with van der Waals surface area (Å²) in [6.45, 7) is 10.5. The van der Waals surface area contributed by atoms with E-state index in [1.807, 2.05) is 58.8 Å². The summed E-state index contributed by atoms with van der Waals surface area (Å²) < 4.78 is 38.3. The molecule has 0 atom stereocenters. The number of nitrogens with one attached hydrogen (secondary N) is 1. The molecule has 0 aliphatic heterocycles. The van der Waals surface area contributed by atoms with E-state index in [0.717, 1.165) is 29.0 Å². The third kappa shape index (κ3) is 8.34. The van der Waals surface area contributed by atoms with Crippen LogP contribution in [0.25, 0.3) is 11.0 Å². The lowest BCUT2D eigenvalue weighted by molar-refractivity contribution is -0.138. The molecule has 0 saturated carbocycles. The van der Waals surface area contributed by atoms with Gasteiger partial charge in [-0.25, -0.2) is 22.4 Å². The number of hydrogen-bond donors (Lipinski definition) is 1. The Morgan fingerprint density at radius 3 is 2.37 bits per heavy atom. The molecule has 0 amide bonds. The van der Waals surface area contributed by atoms with Gasteiger partial charge in [-0.15, -0.1) is 0 Å². The molecule has 2 aromatic carbocycles. The number of carbonyl (C=O) groups excluding carboxylic acids is 1. The molecule has 10 nitrogen and oxygen atoms in total. The maximum atomic E-state index is 13.5. The molecule has 0 fully saturated rings. The van der Waals surface area contributed by atoms with Crippen LogP contribution in [-0.2, 0) is 26.0 Å². The molecular formula is C32H39N5O5S. The Balaban J connectivity index is 0.000000646. The van der Waals surface area contributed by atoms with Gasteiger partial charge >= 0.3 is 0 Å². The van der Waals surface area contributed by atoms with Gasteiger partial charge in [-0.05, 0) is 83.6 Å². The van der Waals surface area contributed by atoms with Crippen molar-refractivity contribution in [2.75, 3.05) is 33.1 Å². The first-order valence-corrected chi connectivity index (χ1v) is 15.1. The van der Waals surface area contributed by atoms with Gasteiger partial charge in [-0.2, -0.15) is 0 Å². The van der Waals surface area contributed by atoms with Crippen LogP contribution in [0.1, 0.15) is 44.4 Å². The van der Waals surface area contributed by atoms with E-state index in [4.69, 9.17) is 4.74 Å². The molecule has 228 valence electrons. The van der Waals surface area contributed by atoms with Crippen LogP contribution in [-0.4, -0.2) is 67.1 Å². The average Bonchev–Trinajstić information content (AvgIpc) is 3.33. The van der Waals surface area contributed by atoms with E-state index in [2.05, 4.69) is 38.8 Å². The summed E-state index contributed by atoms with van der Waals surface area (Å²) in [5.41, 5.74) is 3.32. The molecule has 0 saturated heterocycles. The zero-order valence-electron chi connectivity index (χ0n) is 25.9. The summed E-state index contributed by atoms with van der Waals surface area (Å²) in [6.07, 6.45) is 3.67. The molecule has 4 rings (SSSR count). The summed E-state index contributed by atoms with van der Waals surface area (Å²) in [5.74, 6) is 7.55. The molecule has 11 heteroatoms. The number of methoxy groups -OCH3 is 1. The van der Waals surface area contributed by atoms with Gasteiger partial charge < -0.3 is 14.8 Å². The normalized spacial score (nSPS) is 11.3. The Labute approximate surface area is 254 Å². The second kappa shape index (κ2) is 14.2. The first kappa shape index (κ1) is 33.1. The monoisotopic (exact) mass is 605 g/mol. The quantitative estimate of drug-likeness (QED) is 0.215. The second-order valence-corrected chi connectivity index (χ2v) is 12.7. The Morgan fingerprint density at radius 1 is 1.12 bits per heavy atom. The van der Waals surface area contributed by atoms with Gasteiger partial charge in [0, 0.05) is 11.9 Å². The molecule has 0 bridgehead atoms. The fraction of sp³-hybridized carbons (Fsp3) is 0.344. The maximum absolute atomic E-state index is 13.5. The largest absolute Gasteiger partial charge is 0.496 e. The number of rotatable bonds is 8. The Bertz CT molecular complexity index is 1730. The van der Waals surface area contributed by atoms with E-state index in [0.29, 0.717) is 29.8 Å². The van der Waals surface area contributed by atoms with Crippen molar-refractivity contribution in [2.45, 2.75) is 51.5 Å². The van der Waals surface area contributed by atoms with E-state index in [1.165, 1.54) is 16.5 Å². The topological polar surface area (TPSA) is 116 Å². The second-order valence-electron chi connectivity index (χ2n) is 10.9. The van der Waals surface area contributed by atoms with Crippen LogP contribution in [0.2, 0.25) is 0 Å². The number of benzene rings is 2. The van der Waals surface area contributed by atoms with Crippen molar-refractivity contribution in [3.05, 3.63) is 71.7 Å². The molecule has 2 aromatic heterocycles. The predicted molar refractivity (Wildman–Crippen MR) is 169 cm³/mol.